The van der Waals surface area contributed by atoms with E-state index in [4.69, 9.17) is 9.73 Å². The minimum Gasteiger partial charge on any atom is -0.453 e. The lowest BCUT2D eigenvalue weighted by Crippen LogP contribution is -2.40. The molecular weight excluding hydrogens is 394 g/mol. The van der Waals surface area contributed by atoms with Crippen LogP contribution in [0.25, 0.3) is 0 Å². The summed E-state index contributed by atoms with van der Waals surface area (Å²) >= 11 is 0. The summed E-state index contributed by atoms with van der Waals surface area (Å²) in [6, 6.07) is 17.8. The predicted octanol–water partition coefficient (Wildman–Crippen LogP) is 7.79. The van der Waals surface area contributed by atoms with E-state index in [2.05, 4.69) is 78.3 Å². The normalized spacial score (nSPS) is 21.7. The van der Waals surface area contributed by atoms with Crippen LogP contribution >= 0.6 is 0 Å². The summed E-state index contributed by atoms with van der Waals surface area (Å²) in [6.45, 7) is 4.56. The number of hydrogen-bond donors (Lipinski definition) is 0. The van der Waals surface area contributed by atoms with Gasteiger partial charge in [-0.05, 0) is 56.0 Å². The lowest BCUT2D eigenvalue weighted by atomic mass is 10.1. The number of nitrogens with zero attached hydrogens (tertiary/aromatic N) is 3. The molecule has 2 atom stereocenters. The van der Waals surface area contributed by atoms with Crippen LogP contribution in [0.3, 0.4) is 0 Å². The summed E-state index contributed by atoms with van der Waals surface area (Å²) in [7, 11) is 0. The molecule has 0 spiro atoms. The van der Waals surface area contributed by atoms with Gasteiger partial charge in [-0.15, -0.1) is 0 Å². The van der Waals surface area contributed by atoms with Gasteiger partial charge in [0.05, 0.1) is 17.4 Å². The van der Waals surface area contributed by atoms with Crippen LogP contribution in [0.1, 0.15) is 71.6 Å². The zero-order valence-electron chi connectivity index (χ0n) is 19.5. The fourth-order valence-electron chi connectivity index (χ4n) is 5.28. The van der Waals surface area contributed by atoms with Crippen molar-refractivity contribution in [1.82, 2.24) is 4.90 Å². The van der Waals surface area contributed by atoms with Gasteiger partial charge in [-0.25, -0.2) is 0 Å². The molecule has 5 rings (SSSR count). The Bertz CT molecular complexity index is 966. The molecule has 0 amide bonds. The molecule has 2 aromatic carbocycles. The molecule has 2 aromatic rings. The summed E-state index contributed by atoms with van der Waals surface area (Å²) < 4.78 is 6.26. The van der Waals surface area contributed by atoms with Gasteiger partial charge in [0.25, 0.3) is 0 Å². The van der Waals surface area contributed by atoms with Gasteiger partial charge in [0, 0.05) is 12.5 Å². The van der Waals surface area contributed by atoms with E-state index in [0.717, 1.165) is 35.7 Å². The van der Waals surface area contributed by atoms with Crippen molar-refractivity contribution in [1.29, 1.82) is 0 Å². The van der Waals surface area contributed by atoms with Crippen molar-refractivity contribution in [2.24, 2.45) is 4.99 Å². The number of fused-ring (bicyclic) bond motifs is 2. The van der Waals surface area contributed by atoms with E-state index < -0.39 is 0 Å². The van der Waals surface area contributed by atoms with Crippen molar-refractivity contribution in [2.45, 2.75) is 83.7 Å². The number of anilines is 2. The number of ether oxygens (including phenoxy) is 1. The largest absolute Gasteiger partial charge is 0.453 e. The highest BCUT2D eigenvalue weighted by Gasteiger charge is 2.38. The molecule has 0 aliphatic carbocycles. The maximum atomic E-state index is 6.26. The average Bonchev–Trinajstić information content (AvgIpc) is 3.46. The molecule has 0 bridgehead atoms. The highest BCUT2D eigenvalue weighted by Crippen LogP contribution is 2.50. The molecular formula is C28H35N3O. The Hall–Kier alpha value is -2.75. The van der Waals surface area contributed by atoms with Crippen LogP contribution in [-0.2, 0) is 0 Å². The molecule has 3 aliphatic heterocycles. The Morgan fingerprint density at radius 2 is 1.56 bits per heavy atom. The summed E-state index contributed by atoms with van der Waals surface area (Å²) in [5.74, 6) is 4.37. The maximum Gasteiger partial charge on any atom is 0.151 e. The second kappa shape index (κ2) is 9.40. The Balaban J connectivity index is 1.53. The molecule has 0 saturated heterocycles. The van der Waals surface area contributed by atoms with Crippen LogP contribution in [0.15, 0.2) is 65.4 Å². The zero-order valence-corrected chi connectivity index (χ0v) is 19.5. The lowest BCUT2D eigenvalue weighted by Gasteiger charge is -2.39. The monoisotopic (exact) mass is 429 g/mol. The summed E-state index contributed by atoms with van der Waals surface area (Å²) in [4.78, 5) is 10.3. The number of unbranched alkanes of at least 4 members (excludes halogenated alkanes) is 2. The molecule has 32 heavy (non-hydrogen) atoms. The van der Waals surface area contributed by atoms with E-state index in [1.54, 1.807) is 0 Å². The third-order valence-corrected chi connectivity index (χ3v) is 6.94. The van der Waals surface area contributed by atoms with E-state index in [9.17, 15) is 0 Å². The van der Waals surface area contributed by atoms with Crippen LogP contribution in [0.2, 0.25) is 0 Å². The second-order valence-electron chi connectivity index (χ2n) is 9.22. The number of benzene rings is 2. The van der Waals surface area contributed by atoms with Crippen molar-refractivity contribution in [3.05, 3.63) is 60.4 Å². The number of aliphatic imine (C=N–C) groups is 1. The minimum absolute atomic E-state index is 0.489. The average molecular weight is 430 g/mol. The first kappa shape index (κ1) is 21.1. The minimum atomic E-state index is 0.489. The number of amidine groups is 1. The van der Waals surface area contributed by atoms with Crippen molar-refractivity contribution < 1.29 is 4.74 Å². The Labute approximate surface area is 192 Å². The Kier molecular flexibility index (Phi) is 6.20. The zero-order chi connectivity index (χ0) is 21.9. The smallest absolute Gasteiger partial charge is 0.151 e. The van der Waals surface area contributed by atoms with Gasteiger partial charge < -0.3 is 9.64 Å². The van der Waals surface area contributed by atoms with Crippen LogP contribution in [0.4, 0.5) is 11.4 Å². The van der Waals surface area contributed by atoms with Crippen LogP contribution in [0, 0.1) is 0 Å². The van der Waals surface area contributed by atoms with Crippen LogP contribution in [0.5, 0.6) is 11.5 Å². The second-order valence-corrected chi connectivity index (χ2v) is 9.22. The molecule has 2 unspecified atom stereocenters. The molecule has 0 N–H and O–H groups in total. The first-order valence-electron chi connectivity index (χ1n) is 12.5. The Morgan fingerprint density at radius 1 is 0.906 bits per heavy atom. The molecule has 0 aromatic heterocycles. The molecule has 3 heterocycles. The molecule has 0 fully saturated rings. The third-order valence-electron chi connectivity index (χ3n) is 6.94. The molecule has 3 aliphatic rings. The van der Waals surface area contributed by atoms with Gasteiger partial charge in [-0.2, -0.15) is 0 Å². The van der Waals surface area contributed by atoms with E-state index in [-0.39, 0.29) is 0 Å². The fourth-order valence-corrected chi connectivity index (χ4v) is 5.28. The van der Waals surface area contributed by atoms with Gasteiger partial charge in [0.1, 0.15) is 11.7 Å². The topological polar surface area (TPSA) is 28.1 Å². The summed E-state index contributed by atoms with van der Waals surface area (Å²) in [6.07, 6.45) is 13.2. The van der Waals surface area contributed by atoms with Crippen molar-refractivity contribution >= 4 is 17.2 Å². The Morgan fingerprint density at radius 3 is 2.25 bits per heavy atom. The van der Waals surface area contributed by atoms with E-state index in [1.165, 1.54) is 56.6 Å². The molecule has 0 radical (unpaired) electrons. The summed E-state index contributed by atoms with van der Waals surface area (Å²) in [5.41, 5.74) is 2.22. The van der Waals surface area contributed by atoms with Gasteiger partial charge in [0.15, 0.2) is 11.5 Å². The first-order valence-corrected chi connectivity index (χ1v) is 12.5. The molecule has 4 heteroatoms. The van der Waals surface area contributed by atoms with Gasteiger partial charge >= 0.3 is 0 Å². The standard InChI is InChI=1S/C28H35N3O/c1-3-5-11-21-17-19-27(29-21)30-22(12-6-4-2)18-20-28(30)31-23-13-7-9-15-25(23)32-26-16-10-8-14-24(26)31/h7-10,13-16,20-22H,3-6,11-12,17-19H2,1-2H3. The maximum absolute atomic E-state index is 6.26. The predicted molar refractivity (Wildman–Crippen MR) is 133 cm³/mol. The number of para-hydroxylation sites is 4. The molecule has 168 valence electrons. The van der Waals surface area contributed by atoms with Crippen molar-refractivity contribution in [3.63, 3.8) is 0 Å². The molecule has 4 nitrogen and oxygen atoms in total. The van der Waals surface area contributed by atoms with E-state index in [0.29, 0.717) is 12.1 Å². The van der Waals surface area contributed by atoms with Crippen LogP contribution in [-0.4, -0.2) is 22.8 Å². The number of hydrogen-bond acceptors (Lipinski definition) is 4. The third kappa shape index (κ3) is 3.92. The summed E-state index contributed by atoms with van der Waals surface area (Å²) in [5, 5.41) is 0. The van der Waals surface area contributed by atoms with Gasteiger partial charge in [-0.3, -0.25) is 9.89 Å². The fraction of sp³-hybridized carbons (Fsp3) is 0.464. The highest BCUT2D eigenvalue weighted by atomic mass is 16.5. The molecule has 0 saturated carbocycles. The van der Waals surface area contributed by atoms with Gasteiger partial charge in [0.2, 0.25) is 0 Å². The van der Waals surface area contributed by atoms with Crippen LogP contribution < -0.4 is 9.64 Å². The number of rotatable bonds is 7. The SMILES string of the molecule is CCCCC1CCC(N2C(N3c4ccccc4Oc4ccccc43)=CCC2CCCC)=N1. The first-order chi connectivity index (χ1) is 15.8. The van der Waals surface area contributed by atoms with E-state index >= 15 is 0 Å². The van der Waals surface area contributed by atoms with Gasteiger partial charge in [-0.1, -0.05) is 63.8 Å². The van der Waals surface area contributed by atoms with Crippen molar-refractivity contribution in [3.8, 4) is 11.5 Å². The van der Waals surface area contributed by atoms with Crippen molar-refractivity contribution in [2.75, 3.05) is 4.90 Å². The lowest BCUT2D eigenvalue weighted by molar-refractivity contribution is 0.366. The quantitative estimate of drug-likeness (QED) is 0.450. The van der Waals surface area contributed by atoms with E-state index in [1.807, 2.05) is 0 Å². The highest BCUT2D eigenvalue weighted by molar-refractivity contribution is 5.89.